The average molecular weight is 368 g/mol. The molecule has 0 radical (unpaired) electrons. The van der Waals surface area contributed by atoms with Gasteiger partial charge in [0.15, 0.2) is 5.75 Å². The molecule has 1 fully saturated rings. The zero-order valence-corrected chi connectivity index (χ0v) is 15.5. The first kappa shape index (κ1) is 18.9. The maximum Gasteiger partial charge on any atom is 0.308 e. The highest BCUT2D eigenvalue weighted by Crippen LogP contribution is 2.29. The second-order valence-corrected chi connectivity index (χ2v) is 7.08. The molecule has 6 heteroatoms. The number of amides is 1. The molecule has 2 aromatic rings. The third-order valence-electron chi connectivity index (χ3n) is 4.78. The summed E-state index contributed by atoms with van der Waals surface area (Å²) in [5.74, 6) is -0.120. The molecule has 2 aromatic carbocycles. The summed E-state index contributed by atoms with van der Waals surface area (Å²) >= 11 is 0. The standard InChI is InChI=1S/C21H24N2O4/c1-14-7-9-16(10-8-14)27-19-6-4-3-5-18(19)22-20(24)13-23-11-15(2)17(12-23)21(25)26/h3-10,15,17H,11-13H2,1-2H3,(H,22,24)(H,25,26)/t15-,17-/m1/s1. The van der Waals surface area contributed by atoms with Crippen LogP contribution in [-0.4, -0.2) is 41.5 Å². The zero-order valence-electron chi connectivity index (χ0n) is 15.5. The summed E-state index contributed by atoms with van der Waals surface area (Å²) in [4.78, 5) is 25.6. The fourth-order valence-corrected chi connectivity index (χ4v) is 3.30. The molecule has 1 heterocycles. The Bertz CT molecular complexity index is 819. The van der Waals surface area contributed by atoms with Crippen molar-refractivity contribution in [3.8, 4) is 11.5 Å². The number of carboxylic acid groups (broad SMARTS) is 1. The molecule has 1 aliphatic rings. The topological polar surface area (TPSA) is 78.9 Å². The van der Waals surface area contributed by atoms with E-state index in [1.165, 1.54) is 0 Å². The SMILES string of the molecule is Cc1ccc(Oc2ccccc2NC(=O)CN2C[C@@H](C)[C@H](C(=O)O)C2)cc1. The van der Waals surface area contributed by atoms with Crippen LogP contribution in [0.25, 0.3) is 0 Å². The summed E-state index contributed by atoms with van der Waals surface area (Å²) in [6, 6.07) is 14.9. The second-order valence-electron chi connectivity index (χ2n) is 7.08. The fraction of sp³-hybridized carbons (Fsp3) is 0.333. The molecule has 1 saturated heterocycles. The van der Waals surface area contributed by atoms with Crippen LogP contribution in [0.5, 0.6) is 11.5 Å². The highest BCUT2D eigenvalue weighted by atomic mass is 16.5. The number of benzene rings is 2. The first-order valence-electron chi connectivity index (χ1n) is 9.01. The van der Waals surface area contributed by atoms with Gasteiger partial charge in [0.25, 0.3) is 0 Å². The van der Waals surface area contributed by atoms with E-state index in [0.717, 1.165) is 5.56 Å². The lowest BCUT2D eigenvalue weighted by Gasteiger charge is -2.16. The van der Waals surface area contributed by atoms with Gasteiger partial charge in [-0.1, -0.05) is 36.8 Å². The minimum absolute atomic E-state index is 0.0347. The van der Waals surface area contributed by atoms with E-state index < -0.39 is 11.9 Å². The van der Waals surface area contributed by atoms with Crippen molar-refractivity contribution < 1.29 is 19.4 Å². The predicted octanol–water partition coefficient (Wildman–Crippen LogP) is 3.38. The number of rotatable bonds is 6. The van der Waals surface area contributed by atoms with Crippen molar-refractivity contribution in [2.24, 2.45) is 11.8 Å². The average Bonchev–Trinajstić information content (AvgIpc) is 2.99. The Hall–Kier alpha value is -2.86. The molecule has 1 amide bonds. The van der Waals surface area contributed by atoms with Crippen molar-refractivity contribution in [1.82, 2.24) is 4.90 Å². The van der Waals surface area contributed by atoms with Gasteiger partial charge in [0.2, 0.25) is 5.91 Å². The molecule has 0 spiro atoms. The van der Waals surface area contributed by atoms with Gasteiger partial charge in [-0.25, -0.2) is 0 Å². The first-order valence-corrected chi connectivity index (χ1v) is 9.01. The largest absolute Gasteiger partial charge is 0.481 e. The van der Waals surface area contributed by atoms with Crippen molar-refractivity contribution in [1.29, 1.82) is 0 Å². The summed E-state index contributed by atoms with van der Waals surface area (Å²) in [7, 11) is 0. The van der Waals surface area contributed by atoms with E-state index in [2.05, 4.69) is 5.32 Å². The number of carbonyl (C=O) groups is 2. The van der Waals surface area contributed by atoms with Crippen LogP contribution in [0.4, 0.5) is 5.69 Å². The number of likely N-dealkylation sites (tertiary alicyclic amines) is 1. The number of ether oxygens (including phenoxy) is 1. The van der Waals surface area contributed by atoms with E-state index in [-0.39, 0.29) is 18.4 Å². The summed E-state index contributed by atoms with van der Waals surface area (Å²) in [5, 5.41) is 12.1. The summed E-state index contributed by atoms with van der Waals surface area (Å²) in [6.07, 6.45) is 0. The van der Waals surface area contributed by atoms with Gasteiger partial charge in [0, 0.05) is 13.1 Å². The van der Waals surface area contributed by atoms with Gasteiger partial charge < -0.3 is 15.2 Å². The third kappa shape index (κ3) is 4.86. The van der Waals surface area contributed by atoms with E-state index in [1.807, 2.05) is 55.1 Å². The van der Waals surface area contributed by atoms with Crippen LogP contribution >= 0.6 is 0 Å². The molecule has 2 N–H and O–H groups in total. The molecule has 0 bridgehead atoms. The molecule has 6 nitrogen and oxygen atoms in total. The molecule has 0 saturated carbocycles. The summed E-state index contributed by atoms with van der Waals surface area (Å²) < 4.78 is 5.89. The molecular weight excluding hydrogens is 344 g/mol. The van der Waals surface area contributed by atoms with Crippen LogP contribution in [0.3, 0.4) is 0 Å². The number of hydrogen-bond donors (Lipinski definition) is 2. The lowest BCUT2D eigenvalue weighted by molar-refractivity contribution is -0.142. The highest BCUT2D eigenvalue weighted by Gasteiger charge is 2.35. The third-order valence-corrected chi connectivity index (χ3v) is 4.78. The van der Waals surface area contributed by atoms with E-state index in [9.17, 15) is 14.7 Å². The Balaban J connectivity index is 1.63. The number of carbonyl (C=O) groups excluding carboxylic acids is 1. The quantitative estimate of drug-likeness (QED) is 0.817. The van der Waals surface area contributed by atoms with Gasteiger partial charge in [-0.15, -0.1) is 0 Å². The van der Waals surface area contributed by atoms with Crippen LogP contribution in [0, 0.1) is 18.8 Å². The monoisotopic (exact) mass is 368 g/mol. The van der Waals surface area contributed by atoms with Gasteiger partial charge in [-0.3, -0.25) is 14.5 Å². The number of para-hydroxylation sites is 2. The highest BCUT2D eigenvalue weighted by molar-refractivity contribution is 5.93. The Labute approximate surface area is 158 Å². The number of anilines is 1. The van der Waals surface area contributed by atoms with Crippen LogP contribution in [0.15, 0.2) is 48.5 Å². The number of aryl methyl sites for hydroxylation is 1. The van der Waals surface area contributed by atoms with Crippen molar-refractivity contribution in [3.63, 3.8) is 0 Å². The number of hydrogen-bond acceptors (Lipinski definition) is 4. The minimum Gasteiger partial charge on any atom is -0.481 e. The molecule has 1 aliphatic heterocycles. The molecule has 27 heavy (non-hydrogen) atoms. The lowest BCUT2D eigenvalue weighted by Crippen LogP contribution is -2.32. The molecule has 0 unspecified atom stereocenters. The van der Waals surface area contributed by atoms with Gasteiger partial charge in [0.05, 0.1) is 18.2 Å². The molecule has 0 aliphatic carbocycles. The minimum atomic E-state index is -0.803. The summed E-state index contributed by atoms with van der Waals surface area (Å²) in [5.41, 5.74) is 1.73. The number of aliphatic carboxylic acids is 1. The maximum atomic E-state index is 12.4. The molecule has 0 aromatic heterocycles. The van der Waals surface area contributed by atoms with E-state index >= 15 is 0 Å². The van der Waals surface area contributed by atoms with Gasteiger partial charge in [-0.2, -0.15) is 0 Å². The maximum absolute atomic E-state index is 12.4. The first-order chi connectivity index (χ1) is 12.9. The molecule has 3 rings (SSSR count). The van der Waals surface area contributed by atoms with Crippen molar-refractivity contribution in [3.05, 3.63) is 54.1 Å². The predicted molar refractivity (Wildman–Crippen MR) is 103 cm³/mol. The number of carboxylic acids is 1. The normalized spacial score (nSPS) is 19.6. The van der Waals surface area contributed by atoms with Crippen molar-refractivity contribution >= 4 is 17.6 Å². The van der Waals surface area contributed by atoms with E-state index in [1.54, 1.807) is 12.1 Å². The fourth-order valence-electron chi connectivity index (χ4n) is 3.30. The Morgan fingerprint density at radius 1 is 1.15 bits per heavy atom. The van der Waals surface area contributed by atoms with Crippen molar-refractivity contribution in [2.45, 2.75) is 13.8 Å². The molecule has 142 valence electrons. The van der Waals surface area contributed by atoms with Gasteiger partial charge >= 0.3 is 5.97 Å². The van der Waals surface area contributed by atoms with E-state index in [4.69, 9.17) is 4.74 Å². The molecule has 2 atom stereocenters. The van der Waals surface area contributed by atoms with Gasteiger partial charge in [-0.05, 0) is 37.1 Å². The molecular formula is C21H24N2O4. The second kappa shape index (κ2) is 8.22. The zero-order chi connectivity index (χ0) is 19.4. The van der Waals surface area contributed by atoms with Crippen LogP contribution < -0.4 is 10.1 Å². The van der Waals surface area contributed by atoms with Crippen molar-refractivity contribution in [2.75, 3.05) is 25.0 Å². The van der Waals surface area contributed by atoms with E-state index in [0.29, 0.717) is 30.3 Å². The van der Waals surface area contributed by atoms with Crippen LogP contribution in [0.2, 0.25) is 0 Å². The number of nitrogens with one attached hydrogen (secondary N) is 1. The van der Waals surface area contributed by atoms with Gasteiger partial charge in [0.1, 0.15) is 5.75 Å². The Morgan fingerprint density at radius 2 is 1.85 bits per heavy atom. The van der Waals surface area contributed by atoms with Crippen LogP contribution in [-0.2, 0) is 9.59 Å². The Kier molecular flexibility index (Phi) is 5.76. The van der Waals surface area contributed by atoms with Crippen LogP contribution in [0.1, 0.15) is 12.5 Å². The summed E-state index contributed by atoms with van der Waals surface area (Å²) in [6.45, 7) is 5.07. The lowest BCUT2D eigenvalue weighted by atomic mass is 9.99. The number of nitrogens with zero attached hydrogens (tertiary/aromatic N) is 1. The smallest absolute Gasteiger partial charge is 0.308 e. The Morgan fingerprint density at radius 3 is 2.52 bits per heavy atom.